The Balaban J connectivity index is 1.88. The average Bonchev–Trinajstić information content (AvgIpc) is 2.68. The van der Waals surface area contributed by atoms with E-state index in [1.165, 1.54) is 6.08 Å². The van der Waals surface area contributed by atoms with Gasteiger partial charge in [0.15, 0.2) is 12.4 Å². The van der Waals surface area contributed by atoms with E-state index in [4.69, 9.17) is 18.9 Å². The van der Waals surface area contributed by atoms with E-state index in [1.54, 1.807) is 30.3 Å². The largest absolute Gasteiger partial charge is 0.457 e. The van der Waals surface area contributed by atoms with Gasteiger partial charge in [-0.15, -0.1) is 0 Å². The van der Waals surface area contributed by atoms with Crippen LogP contribution < -0.4 is 0 Å². The molecule has 172 valence electrons. The van der Waals surface area contributed by atoms with Crippen LogP contribution in [0.3, 0.4) is 0 Å². The van der Waals surface area contributed by atoms with Crippen LogP contribution in [0.1, 0.15) is 71.2 Å². The highest BCUT2D eigenvalue weighted by Crippen LogP contribution is 2.29. The summed E-state index contributed by atoms with van der Waals surface area (Å²) in [6.45, 7) is 11.5. The first-order valence-electron chi connectivity index (χ1n) is 11.0. The molecule has 6 heteroatoms. The molecule has 0 aliphatic carbocycles. The Bertz CT molecular complexity index is 736. The van der Waals surface area contributed by atoms with Crippen LogP contribution in [0.15, 0.2) is 42.5 Å². The first-order chi connectivity index (χ1) is 14.5. The van der Waals surface area contributed by atoms with Crippen molar-refractivity contribution >= 4 is 11.9 Å². The van der Waals surface area contributed by atoms with E-state index < -0.39 is 18.0 Å². The van der Waals surface area contributed by atoms with Crippen LogP contribution in [0.4, 0.5) is 0 Å². The van der Waals surface area contributed by atoms with Gasteiger partial charge in [0, 0.05) is 6.08 Å². The number of ether oxygens (including phenoxy) is 4. The zero-order valence-corrected chi connectivity index (χ0v) is 19.5. The summed E-state index contributed by atoms with van der Waals surface area (Å²) in [4.78, 5) is 24.3. The molecule has 4 unspecified atom stereocenters. The summed E-state index contributed by atoms with van der Waals surface area (Å²) in [5, 5.41) is 0. The summed E-state index contributed by atoms with van der Waals surface area (Å²) >= 11 is 0. The Kier molecular flexibility index (Phi) is 9.26. The molecule has 0 N–H and O–H groups in total. The summed E-state index contributed by atoms with van der Waals surface area (Å²) in [5.74, 6) is -0.481. The number of esters is 2. The third-order valence-corrected chi connectivity index (χ3v) is 5.09. The Morgan fingerprint density at radius 2 is 1.87 bits per heavy atom. The normalized spacial score (nSPS) is 25.2. The van der Waals surface area contributed by atoms with E-state index in [1.807, 2.05) is 40.7 Å². The summed E-state index contributed by atoms with van der Waals surface area (Å²) in [6.07, 6.45) is 4.05. The van der Waals surface area contributed by atoms with Gasteiger partial charge in [-0.1, -0.05) is 31.2 Å². The topological polar surface area (TPSA) is 71.1 Å². The predicted octanol–water partition coefficient (Wildman–Crippen LogP) is 5.07. The fourth-order valence-electron chi connectivity index (χ4n) is 3.25. The van der Waals surface area contributed by atoms with E-state index in [-0.39, 0.29) is 30.1 Å². The highest BCUT2D eigenvalue weighted by atomic mass is 16.7. The van der Waals surface area contributed by atoms with Crippen molar-refractivity contribution in [2.24, 2.45) is 5.92 Å². The van der Waals surface area contributed by atoms with Crippen molar-refractivity contribution in [2.45, 2.75) is 91.0 Å². The maximum absolute atomic E-state index is 12.5. The Morgan fingerprint density at radius 1 is 1.19 bits per heavy atom. The summed E-state index contributed by atoms with van der Waals surface area (Å²) < 4.78 is 23.1. The maximum Gasteiger partial charge on any atom is 0.338 e. The van der Waals surface area contributed by atoms with Crippen molar-refractivity contribution in [1.29, 1.82) is 0 Å². The van der Waals surface area contributed by atoms with E-state index in [0.29, 0.717) is 24.8 Å². The molecule has 1 aromatic carbocycles. The van der Waals surface area contributed by atoms with Gasteiger partial charge < -0.3 is 18.9 Å². The lowest BCUT2D eigenvalue weighted by Crippen LogP contribution is -2.47. The van der Waals surface area contributed by atoms with Gasteiger partial charge in [-0.25, -0.2) is 9.59 Å². The second-order valence-electron chi connectivity index (χ2n) is 9.19. The third-order valence-electron chi connectivity index (χ3n) is 5.09. The fraction of sp³-hybridized carbons (Fsp3) is 0.600. The molecule has 0 bridgehead atoms. The minimum absolute atomic E-state index is 0.0101. The van der Waals surface area contributed by atoms with E-state index >= 15 is 0 Å². The summed E-state index contributed by atoms with van der Waals surface area (Å²) in [6, 6.07) is 8.93. The smallest absolute Gasteiger partial charge is 0.338 e. The second kappa shape index (κ2) is 11.4. The molecule has 0 radical (unpaired) electrons. The standard InChI is InChI=1S/C25H36O6/c1-17-16-21(30-23(27)20-13-8-7-9-14-20)24(29-19(17)3)28-18(2)12-10-11-15-22(26)31-25(4,5)6/h7-9,11,13-15,17-19,21,24H,10,12,16H2,1-6H3/b15-11+/t17?,18-,19?,21?,24?/m1/s1. The Hall–Kier alpha value is -2.18. The van der Waals surface area contributed by atoms with Gasteiger partial charge in [0.2, 0.25) is 0 Å². The van der Waals surface area contributed by atoms with Crippen LogP contribution in [0.25, 0.3) is 0 Å². The van der Waals surface area contributed by atoms with Crippen LogP contribution in [0.5, 0.6) is 0 Å². The molecule has 6 nitrogen and oxygen atoms in total. The molecular formula is C25H36O6. The highest BCUT2D eigenvalue weighted by Gasteiger charge is 2.38. The van der Waals surface area contributed by atoms with Gasteiger partial charge >= 0.3 is 11.9 Å². The van der Waals surface area contributed by atoms with Crippen LogP contribution in [0, 0.1) is 5.92 Å². The molecule has 1 saturated heterocycles. The van der Waals surface area contributed by atoms with Crippen molar-refractivity contribution in [2.75, 3.05) is 0 Å². The van der Waals surface area contributed by atoms with Crippen molar-refractivity contribution in [3.05, 3.63) is 48.0 Å². The zero-order valence-electron chi connectivity index (χ0n) is 19.5. The van der Waals surface area contributed by atoms with Gasteiger partial charge in [-0.3, -0.25) is 0 Å². The quantitative estimate of drug-likeness (QED) is 0.422. The molecule has 1 aromatic rings. The molecule has 0 saturated carbocycles. The molecule has 0 spiro atoms. The number of carbonyl (C=O) groups excluding carboxylic acids is 2. The van der Waals surface area contributed by atoms with Crippen LogP contribution in [0.2, 0.25) is 0 Å². The van der Waals surface area contributed by atoms with Crippen LogP contribution in [-0.4, -0.2) is 42.1 Å². The predicted molar refractivity (Wildman–Crippen MR) is 119 cm³/mol. The maximum atomic E-state index is 12.5. The lowest BCUT2D eigenvalue weighted by Gasteiger charge is -2.39. The molecule has 1 heterocycles. The van der Waals surface area contributed by atoms with Gasteiger partial charge in [0.25, 0.3) is 0 Å². The molecular weight excluding hydrogens is 396 g/mol. The first kappa shape index (κ1) is 25.1. The Morgan fingerprint density at radius 3 is 2.52 bits per heavy atom. The van der Waals surface area contributed by atoms with Crippen molar-refractivity contribution in [3.8, 4) is 0 Å². The van der Waals surface area contributed by atoms with Crippen molar-refractivity contribution < 1.29 is 28.5 Å². The minimum atomic E-state index is -0.622. The lowest BCUT2D eigenvalue weighted by molar-refractivity contribution is -0.262. The molecule has 1 fully saturated rings. The average molecular weight is 433 g/mol. The van der Waals surface area contributed by atoms with Gasteiger partial charge in [-0.2, -0.15) is 0 Å². The number of benzene rings is 1. The second-order valence-corrected chi connectivity index (χ2v) is 9.19. The molecule has 1 aliphatic rings. The third kappa shape index (κ3) is 8.83. The zero-order chi connectivity index (χ0) is 23.0. The van der Waals surface area contributed by atoms with Crippen molar-refractivity contribution in [3.63, 3.8) is 0 Å². The number of carbonyl (C=O) groups is 2. The molecule has 0 amide bonds. The molecule has 31 heavy (non-hydrogen) atoms. The lowest BCUT2D eigenvalue weighted by atomic mass is 9.95. The monoisotopic (exact) mass is 432 g/mol. The van der Waals surface area contributed by atoms with Gasteiger partial charge in [0.1, 0.15) is 5.60 Å². The van der Waals surface area contributed by atoms with Crippen molar-refractivity contribution in [1.82, 2.24) is 0 Å². The molecule has 5 atom stereocenters. The number of hydrogen-bond acceptors (Lipinski definition) is 6. The van der Waals surface area contributed by atoms with Crippen LogP contribution in [-0.2, 0) is 23.7 Å². The van der Waals surface area contributed by atoms with E-state index in [2.05, 4.69) is 6.92 Å². The van der Waals surface area contributed by atoms with Gasteiger partial charge in [-0.05, 0) is 71.9 Å². The number of hydrogen-bond donors (Lipinski definition) is 0. The minimum Gasteiger partial charge on any atom is -0.457 e. The first-order valence-corrected chi connectivity index (χ1v) is 11.0. The Labute approximate surface area is 185 Å². The summed E-state index contributed by atoms with van der Waals surface area (Å²) in [5.41, 5.74) is 0.00348. The molecule has 2 rings (SSSR count). The highest BCUT2D eigenvalue weighted by molar-refractivity contribution is 5.89. The molecule has 1 aliphatic heterocycles. The number of allylic oxidation sites excluding steroid dienone is 1. The number of rotatable bonds is 8. The van der Waals surface area contributed by atoms with Gasteiger partial charge in [0.05, 0.1) is 17.8 Å². The summed E-state index contributed by atoms with van der Waals surface area (Å²) in [7, 11) is 0. The fourth-order valence-corrected chi connectivity index (χ4v) is 3.25. The SMILES string of the molecule is CC1CC(OC(=O)c2ccccc2)C(O[C@H](C)CC/C=C/C(=O)OC(C)(C)C)OC1C. The van der Waals surface area contributed by atoms with Crippen LogP contribution >= 0.6 is 0 Å². The van der Waals surface area contributed by atoms with E-state index in [0.717, 1.165) is 0 Å². The van der Waals surface area contributed by atoms with E-state index in [9.17, 15) is 9.59 Å². The molecule has 0 aromatic heterocycles.